The molecular formula is C20H17Cl2N3O3S. The van der Waals surface area contributed by atoms with Crippen LogP contribution in [0.15, 0.2) is 48.5 Å². The van der Waals surface area contributed by atoms with Crippen LogP contribution in [-0.4, -0.2) is 28.0 Å². The van der Waals surface area contributed by atoms with Gasteiger partial charge in [-0.1, -0.05) is 64.9 Å². The van der Waals surface area contributed by atoms with Crippen molar-refractivity contribution in [1.29, 1.82) is 0 Å². The Bertz CT molecular complexity index is 1010. The molecule has 0 saturated carbocycles. The van der Waals surface area contributed by atoms with E-state index in [1.165, 1.54) is 17.4 Å². The van der Waals surface area contributed by atoms with Crippen molar-refractivity contribution in [1.82, 2.24) is 10.2 Å². The normalized spacial score (nSPS) is 11.7. The average Bonchev–Trinajstić information content (AvgIpc) is 3.16. The number of aryl methyl sites for hydroxylation is 1. The fourth-order valence-electron chi connectivity index (χ4n) is 2.42. The van der Waals surface area contributed by atoms with Crippen molar-refractivity contribution in [2.75, 3.05) is 5.32 Å². The Morgan fingerprint density at radius 3 is 2.62 bits per heavy atom. The number of rotatable bonds is 8. The second-order valence-electron chi connectivity index (χ2n) is 6.11. The van der Waals surface area contributed by atoms with E-state index in [0.717, 1.165) is 0 Å². The summed E-state index contributed by atoms with van der Waals surface area (Å²) in [6.45, 7) is 1.60. The molecule has 3 rings (SSSR count). The number of amides is 1. The number of Topliss-reactive ketones (excluding diaryl/α,β-unsaturated/α-hetero) is 1. The third-order valence-corrected chi connectivity index (χ3v) is 5.35. The van der Waals surface area contributed by atoms with Crippen LogP contribution in [-0.2, 0) is 11.2 Å². The number of ether oxygens (including phenoxy) is 1. The maximum absolute atomic E-state index is 12.3. The highest BCUT2D eigenvalue weighted by atomic mass is 35.5. The van der Waals surface area contributed by atoms with Crippen LogP contribution < -0.4 is 10.1 Å². The topological polar surface area (TPSA) is 81.2 Å². The highest BCUT2D eigenvalue weighted by Gasteiger charge is 2.18. The lowest BCUT2D eigenvalue weighted by Crippen LogP contribution is -2.30. The first kappa shape index (κ1) is 21.2. The maximum Gasteiger partial charge on any atom is 0.266 e. The molecule has 29 heavy (non-hydrogen) atoms. The number of hydrogen-bond donors (Lipinski definition) is 1. The Kier molecular flexibility index (Phi) is 7.19. The predicted octanol–water partition coefficient (Wildman–Crippen LogP) is 5.07. The Morgan fingerprint density at radius 1 is 1.14 bits per heavy atom. The van der Waals surface area contributed by atoms with E-state index in [-0.39, 0.29) is 11.7 Å². The van der Waals surface area contributed by atoms with Crippen LogP contribution in [0.5, 0.6) is 5.75 Å². The van der Waals surface area contributed by atoms with Gasteiger partial charge in [-0.25, -0.2) is 0 Å². The van der Waals surface area contributed by atoms with Gasteiger partial charge in [0, 0.05) is 23.4 Å². The van der Waals surface area contributed by atoms with Gasteiger partial charge in [-0.3, -0.25) is 14.9 Å². The highest BCUT2D eigenvalue weighted by Crippen LogP contribution is 2.28. The summed E-state index contributed by atoms with van der Waals surface area (Å²) >= 11 is 13.1. The molecular weight excluding hydrogens is 433 g/mol. The van der Waals surface area contributed by atoms with Crippen molar-refractivity contribution in [3.8, 4) is 5.75 Å². The van der Waals surface area contributed by atoms with Gasteiger partial charge in [0.05, 0.1) is 5.02 Å². The van der Waals surface area contributed by atoms with Crippen LogP contribution in [0.1, 0.15) is 28.7 Å². The summed E-state index contributed by atoms with van der Waals surface area (Å²) < 4.78 is 5.58. The molecule has 0 aliphatic rings. The van der Waals surface area contributed by atoms with Crippen molar-refractivity contribution in [3.05, 3.63) is 69.1 Å². The number of benzene rings is 2. The van der Waals surface area contributed by atoms with Crippen molar-refractivity contribution >= 4 is 51.4 Å². The lowest BCUT2D eigenvalue weighted by molar-refractivity contribution is -0.122. The lowest BCUT2D eigenvalue weighted by atomic mass is 10.1. The summed E-state index contributed by atoms with van der Waals surface area (Å²) in [5.41, 5.74) is 0.664. The van der Waals surface area contributed by atoms with E-state index in [4.69, 9.17) is 27.9 Å². The van der Waals surface area contributed by atoms with Crippen LogP contribution in [0.25, 0.3) is 0 Å². The number of anilines is 1. The number of hydrogen-bond acceptors (Lipinski definition) is 6. The predicted molar refractivity (Wildman–Crippen MR) is 114 cm³/mol. The molecule has 1 atom stereocenters. The van der Waals surface area contributed by atoms with Gasteiger partial charge in [0.15, 0.2) is 11.9 Å². The van der Waals surface area contributed by atoms with E-state index in [1.54, 1.807) is 31.2 Å². The van der Waals surface area contributed by atoms with Gasteiger partial charge in [-0.15, -0.1) is 10.2 Å². The molecule has 9 heteroatoms. The SMILES string of the molecule is C[C@@H](Oc1ccc(Cl)cc1Cl)C(=O)Nc1nnc(CCC(=O)c2ccccc2)s1. The van der Waals surface area contributed by atoms with E-state index >= 15 is 0 Å². The Morgan fingerprint density at radius 2 is 1.90 bits per heavy atom. The fourth-order valence-corrected chi connectivity index (χ4v) is 3.61. The van der Waals surface area contributed by atoms with E-state index in [1.807, 2.05) is 18.2 Å². The van der Waals surface area contributed by atoms with Gasteiger partial charge in [0.1, 0.15) is 10.8 Å². The van der Waals surface area contributed by atoms with Crippen LogP contribution in [0.2, 0.25) is 10.0 Å². The van der Waals surface area contributed by atoms with Crippen LogP contribution in [0.4, 0.5) is 5.13 Å². The van der Waals surface area contributed by atoms with Gasteiger partial charge in [0.2, 0.25) is 5.13 Å². The molecule has 6 nitrogen and oxygen atoms in total. The summed E-state index contributed by atoms with van der Waals surface area (Å²) in [4.78, 5) is 24.5. The number of nitrogens with one attached hydrogen (secondary N) is 1. The number of halogens is 2. The first-order chi connectivity index (χ1) is 13.9. The number of nitrogens with zero attached hydrogens (tertiary/aromatic N) is 2. The zero-order valence-corrected chi connectivity index (χ0v) is 17.7. The molecule has 3 aromatic rings. The smallest absolute Gasteiger partial charge is 0.266 e. The second-order valence-corrected chi connectivity index (χ2v) is 8.02. The molecule has 0 unspecified atom stereocenters. The molecule has 0 radical (unpaired) electrons. The molecule has 0 spiro atoms. The summed E-state index contributed by atoms with van der Waals surface area (Å²) in [5, 5.41) is 12.4. The first-order valence-corrected chi connectivity index (χ1v) is 10.3. The van der Waals surface area contributed by atoms with Crippen LogP contribution >= 0.6 is 34.5 Å². The Labute approximate surface area is 181 Å². The molecule has 0 bridgehead atoms. The zero-order chi connectivity index (χ0) is 20.8. The molecule has 0 saturated heterocycles. The molecule has 0 fully saturated rings. The third kappa shape index (κ3) is 6.00. The summed E-state index contributed by atoms with van der Waals surface area (Å²) in [5.74, 6) is 0.00317. The number of carbonyl (C=O) groups is 2. The van der Waals surface area contributed by atoms with Crippen molar-refractivity contribution in [3.63, 3.8) is 0 Å². The zero-order valence-electron chi connectivity index (χ0n) is 15.4. The maximum atomic E-state index is 12.3. The summed E-state index contributed by atoms with van der Waals surface area (Å²) in [6, 6.07) is 13.8. The fraction of sp³-hybridized carbons (Fsp3) is 0.200. The second kappa shape index (κ2) is 9.82. The number of aromatic nitrogens is 2. The Balaban J connectivity index is 1.52. The highest BCUT2D eigenvalue weighted by molar-refractivity contribution is 7.15. The monoisotopic (exact) mass is 449 g/mol. The summed E-state index contributed by atoms with van der Waals surface area (Å²) in [7, 11) is 0. The van der Waals surface area contributed by atoms with E-state index in [2.05, 4.69) is 15.5 Å². The van der Waals surface area contributed by atoms with Crippen molar-refractivity contribution < 1.29 is 14.3 Å². The van der Waals surface area contributed by atoms with Gasteiger partial charge in [-0.05, 0) is 25.1 Å². The molecule has 0 aliphatic carbocycles. The molecule has 0 aliphatic heterocycles. The minimum atomic E-state index is -0.805. The quantitative estimate of drug-likeness (QED) is 0.485. The Hall–Kier alpha value is -2.48. The molecule has 1 aromatic heterocycles. The minimum Gasteiger partial charge on any atom is -0.479 e. The standard InChI is InChI=1S/C20H17Cl2N3O3S/c1-12(28-17-9-7-14(21)11-15(17)22)19(27)23-20-25-24-18(29-20)10-8-16(26)13-5-3-2-4-6-13/h2-7,9,11-12H,8,10H2,1H3,(H,23,25,27)/t12-/m1/s1. The van der Waals surface area contributed by atoms with Gasteiger partial charge >= 0.3 is 0 Å². The van der Waals surface area contributed by atoms with E-state index in [9.17, 15) is 9.59 Å². The van der Waals surface area contributed by atoms with Gasteiger partial charge in [0.25, 0.3) is 5.91 Å². The van der Waals surface area contributed by atoms with Crippen LogP contribution in [0, 0.1) is 0 Å². The van der Waals surface area contributed by atoms with Crippen molar-refractivity contribution in [2.24, 2.45) is 0 Å². The third-order valence-electron chi connectivity index (χ3n) is 3.93. The average molecular weight is 450 g/mol. The lowest BCUT2D eigenvalue weighted by Gasteiger charge is -2.14. The molecule has 150 valence electrons. The van der Waals surface area contributed by atoms with E-state index < -0.39 is 6.10 Å². The molecule has 2 aromatic carbocycles. The van der Waals surface area contributed by atoms with Gasteiger partial charge in [-0.2, -0.15) is 0 Å². The van der Waals surface area contributed by atoms with Gasteiger partial charge < -0.3 is 4.74 Å². The van der Waals surface area contributed by atoms with E-state index in [0.29, 0.717) is 44.3 Å². The number of ketones is 1. The number of carbonyl (C=O) groups excluding carboxylic acids is 2. The molecule has 1 amide bonds. The molecule has 1 heterocycles. The summed E-state index contributed by atoms with van der Waals surface area (Å²) in [6.07, 6.45) is -0.0322. The largest absolute Gasteiger partial charge is 0.479 e. The minimum absolute atomic E-state index is 0.0354. The van der Waals surface area contributed by atoms with Crippen LogP contribution in [0.3, 0.4) is 0 Å². The van der Waals surface area contributed by atoms with Crippen molar-refractivity contribution in [2.45, 2.75) is 25.9 Å². The molecule has 1 N–H and O–H groups in total. The first-order valence-electron chi connectivity index (χ1n) is 8.75.